The normalized spacial score (nSPS) is 12.2. The molecule has 0 bridgehead atoms. The summed E-state index contributed by atoms with van der Waals surface area (Å²) in [6.07, 6.45) is 6.95. The monoisotopic (exact) mass is 165 g/mol. The summed E-state index contributed by atoms with van der Waals surface area (Å²) in [6, 6.07) is 0. The third-order valence-corrected chi connectivity index (χ3v) is 1.29. The first kappa shape index (κ1) is 10.6. The lowest BCUT2D eigenvalue weighted by molar-refractivity contribution is 0.300. The van der Waals surface area contributed by atoms with E-state index in [0.717, 1.165) is 11.5 Å². The summed E-state index contributed by atoms with van der Waals surface area (Å²) in [5.41, 5.74) is 0.922. The van der Waals surface area contributed by atoms with E-state index in [1.807, 2.05) is 19.1 Å². The Kier molecular flexibility index (Phi) is 5.53. The SMILES string of the molecule is C=C/C=C\C(OC)=C(/C)NC=C. The van der Waals surface area contributed by atoms with E-state index in [1.165, 1.54) is 0 Å². The highest BCUT2D eigenvalue weighted by Gasteiger charge is 1.94. The minimum absolute atomic E-state index is 0.773. The van der Waals surface area contributed by atoms with E-state index in [-0.39, 0.29) is 0 Å². The molecule has 1 N–H and O–H groups in total. The molecule has 0 saturated heterocycles. The van der Waals surface area contributed by atoms with Crippen molar-refractivity contribution in [2.24, 2.45) is 0 Å². The highest BCUT2D eigenvalue weighted by molar-refractivity contribution is 5.21. The summed E-state index contributed by atoms with van der Waals surface area (Å²) in [5.74, 6) is 0.773. The van der Waals surface area contributed by atoms with Crippen LogP contribution in [0.5, 0.6) is 0 Å². The van der Waals surface area contributed by atoms with E-state index in [4.69, 9.17) is 4.74 Å². The Morgan fingerprint density at radius 1 is 1.42 bits per heavy atom. The van der Waals surface area contributed by atoms with Crippen molar-refractivity contribution in [3.8, 4) is 0 Å². The molecule has 0 aliphatic rings. The summed E-state index contributed by atoms with van der Waals surface area (Å²) < 4.78 is 5.10. The number of allylic oxidation sites excluding steroid dienone is 4. The van der Waals surface area contributed by atoms with Crippen LogP contribution < -0.4 is 5.32 Å². The van der Waals surface area contributed by atoms with Gasteiger partial charge < -0.3 is 10.1 Å². The van der Waals surface area contributed by atoms with Crippen molar-refractivity contribution in [3.05, 3.63) is 49.0 Å². The molecule has 0 atom stereocenters. The summed E-state index contributed by atoms with van der Waals surface area (Å²) in [6.45, 7) is 9.03. The second-order valence-corrected chi connectivity index (χ2v) is 2.14. The lowest BCUT2D eigenvalue weighted by Gasteiger charge is -2.05. The Morgan fingerprint density at radius 2 is 2.08 bits per heavy atom. The number of nitrogens with one attached hydrogen (secondary N) is 1. The van der Waals surface area contributed by atoms with E-state index in [0.29, 0.717) is 0 Å². The fraction of sp³-hybridized carbons (Fsp3) is 0.200. The van der Waals surface area contributed by atoms with E-state index in [9.17, 15) is 0 Å². The van der Waals surface area contributed by atoms with Crippen molar-refractivity contribution in [1.82, 2.24) is 5.32 Å². The van der Waals surface area contributed by atoms with Crippen LogP contribution >= 0.6 is 0 Å². The number of methoxy groups -OCH3 is 1. The van der Waals surface area contributed by atoms with Crippen LogP contribution in [0.15, 0.2) is 49.0 Å². The van der Waals surface area contributed by atoms with Gasteiger partial charge in [0.05, 0.1) is 12.8 Å². The largest absolute Gasteiger partial charge is 0.495 e. The average molecular weight is 165 g/mol. The summed E-state index contributed by atoms with van der Waals surface area (Å²) >= 11 is 0. The zero-order chi connectivity index (χ0) is 9.40. The van der Waals surface area contributed by atoms with Crippen molar-refractivity contribution in [2.45, 2.75) is 6.92 Å². The molecule has 66 valence electrons. The van der Waals surface area contributed by atoms with Crippen molar-refractivity contribution in [2.75, 3.05) is 7.11 Å². The molecule has 2 nitrogen and oxygen atoms in total. The molecule has 0 saturated carbocycles. The lowest BCUT2D eigenvalue weighted by Crippen LogP contribution is -2.04. The Labute approximate surface area is 73.9 Å². The topological polar surface area (TPSA) is 21.3 Å². The van der Waals surface area contributed by atoms with Gasteiger partial charge in [0.25, 0.3) is 0 Å². The van der Waals surface area contributed by atoms with Crippen LogP contribution in [0.2, 0.25) is 0 Å². The van der Waals surface area contributed by atoms with E-state index >= 15 is 0 Å². The molecular formula is C10H15NO. The molecule has 0 unspecified atom stereocenters. The van der Waals surface area contributed by atoms with Gasteiger partial charge in [0.2, 0.25) is 0 Å². The highest BCUT2D eigenvalue weighted by Crippen LogP contribution is 2.03. The molecule has 0 heterocycles. The van der Waals surface area contributed by atoms with Crippen LogP contribution in [-0.4, -0.2) is 7.11 Å². The maximum absolute atomic E-state index is 5.10. The third kappa shape index (κ3) is 3.66. The Hall–Kier alpha value is -1.44. The zero-order valence-corrected chi connectivity index (χ0v) is 7.63. The van der Waals surface area contributed by atoms with E-state index in [1.54, 1.807) is 19.4 Å². The first-order valence-corrected chi connectivity index (χ1v) is 3.67. The number of ether oxygens (including phenoxy) is 1. The Morgan fingerprint density at radius 3 is 2.50 bits per heavy atom. The van der Waals surface area contributed by atoms with Gasteiger partial charge in [-0.25, -0.2) is 0 Å². The van der Waals surface area contributed by atoms with E-state index in [2.05, 4.69) is 18.5 Å². The molecule has 0 rings (SSSR count). The highest BCUT2D eigenvalue weighted by atomic mass is 16.5. The van der Waals surface area contributed by atoms with Gasteiger partial charge in [0, 0.05) is 0 Å². The molecule has 0 aromatic heterocycles. The first-order chi connectivity index (χ1) is 5.76. The average Bonchev–Trinajstić information content (AvgIpc) is 2.06. The second kappa shape index (κ2) is 6.28. The van der Waals surface area contributed by atoms with Crippen LogP contribution in [-0.2, 0) is 4.74 Å². The maximum atomic E-state index is 5.10. The molecule has 0 aliphatic heterocycles. The van der Waals surface area contributed by atoms with Gasteiger partial charge in [-0.2, -0.15) is 0 Å². The molecule has 2 heteroatoms. The molecule has 0 aromatic carbocycles. The van der Waals surface area contributed by atoms with Gasteiger partial charge in [0.15, 0.2) is 0 Å². The van der Waals surface area contributed by atoms with Gasteiger partial charge in [-0.05, 0) is 19.2 Å². The van der Waals surface area contributed by atoms with Crippen molar-refractivity contribution < 1.29 is 4.74 Å². The molecule has 0 aromatic rings. The molecule has 0 aliphatic carbocycles. The number of hydrogen-bond acceptors (Lipinski definition) is 2. The first-order valence-electron chi connectivity index (χ1n) is 3.67. The summed E-state index contributed by atoms with van der Waals surface area (Å²) in [7, 11) is 1.62. The second-order valence-electron chi connectivity index (χ2n) is 2.14. The molecule has 0 fully saturated rings. The quantitative estimate of drug-likeness (QED) is 0.498. The fourth-order valence-corrected chi connectivity index (χ4v) is 0.726. The van der Waals surface area contributed by atoms with Gasteiger partial charge >= 0.3 is 0 Å². The minimum Gasteiger partial charge on any atom is -0.495 e. The van der Waals surface area contributed by atoms with E-state index < -0.39 is 0 Å². The van der Waals surface area contributed by atoms with Gasteiger partial charge in [0.1, 0.15) is 5.76 Å². The Balaban J connectivity index is 4.47. The van der Waals surface area contributed by atoms with Crippen LogP contribution in [0.3, 0.4) is 0 Å². The zero-order valence-electron chi connectivity index (χ0n) is 7.63. The fourth-order valence-electron chi connectivity index (χ4n) is 0.726. The van der Waals surface area contributed by atoms with Crippen molar-refractivity contribution >= 4 is 0 Å². The van der Waals surface area contributed by atoms with Gasteiger partial charge in [-0.3, -0.25) is 0 Å². The van der Waals surface area contributed by atoms with Crippen LogP contribution in [0.4, 0.5) is 0 Å². The Bertz CT molecular complexity index is 214. The molecule has 0 spiro atoms. The van der Waals surface area contributed by atoms with Crippen LogP contribution in [0.1, 0.15) is 6.92 Å². The summed E-state index contributed by atoms with van der Waals surface area (Å²) in [4.78, 5) is 0. The lowest BCUT2D eigenvalue weighted by atomic mass is 10.3. The van der Waals surface area contributed by atoms with Crippen molar-refractivity contribution in [3.63, 3.8) is 0 Å². The van der Waals surface area contributed by atoms with Crippen LogP contribution in [0.25, 0.3) is 0 Å². The van der Waals surface area contributed by atoms with Gasteiger partial charge in [-0.1, -0.05) is 25.3 Å². The number of hydrogen-bond donors (Lipinski definition) is 1. The molecule has 12 heavy (non-hydrogen) atoms. The molecule has 0 amide bonds. The summed E-state index contributed by atoms with van der Waals surface area (Å²) in [5, 5.41) is 2.94. The number of rotatable bonds is 5. The minimum atomic E-state index is 0.773. The smallest absolute Gasteiger partial charge is 0.137 e. The standard InChI is InChI=1S/C10H15NO/c1-5-7-8-10(12-4)9(3)11-6-2/h5-8,11H,1-2H2,3-4H3/b8-7-,10-9-. The van der Waals surface area contributed by atoms with Crippen LogP contribution in [0, 0.1) is 0 Å². The molecular weight excluding hydrogens is 150 g/mol. The van der Waals surface area contributed by atoms with Crippen molar-refractivity contribution in [1.29, 1.82) is 0 Å². The maximum Gasteiger partial charge on any atom is 0.137 e. The predicted octanol–water partition coefficient (Wildman–Crippen LogP) is 2.34. The predicted molar refractivity (Wildman–Crippen MR) is 52.4 cm³/mol. The third-order valence-electron chi connectivity index (χ3n) is 1.29. The molecule has 0 radical (unpaired) electrons. The van der Waals surface area contributed by atoms with Gasteiger partial charge in [-0.15, -0.1) is 0 Å².